The summed E-state index contributed by atoms with van der Waals surface area (Å²) in [4.78, 5) is 15.2. The van der Waals surface area contributed by atoms with Gasteiger partial charge < -0.3 is 0 Å². The van der Waals surface area contributed by atoms with E-state index in [0.29, 0.717) is 11.7 Å². The fourth-order valence-corrected chi connectivity index (χ4v) is 7.26. The van der Waals surface area contributed by atoms with Crippen LogP contribution in [0.25, 0.3) is 83.6 Å². The highest BCUT2D eigenvalue weighted by atomic mass is 14.9. The van der Waals surface area contributed by atoms with Gasteiger partial charge in [0.15, 0.2) is 5.82 Å². The van der Waals surface area contributed by atoms with Gasteiger partial charge in [0.2, 0.25) is 0 Å². The Hall–Kier alpha value is -5.93. The average molecular weight is 602 g/mol. The molecule has 9 rings (SSSR count). The van der Waals surface area contributed by atoms with Crippen LogP contribution in [-0.2, 0) is 0 Å². The zero-order valence-electron chi connectivity index (χ0n) is 26.1. The van der Waals surface area contributed by atoms with Crippen molar-refractivity contribution in [1.82, 2.24) is 15.0 Å². The van der Waals surface area contributed by atoms with Crippen LogP contribution in [0.1, 0.15) is 30.4 Å². The number of hydrogen-bond acceptors (Lipinski definition) is 3. The van der Waals surface area contributed by atoms with Gasteiger partial charge in [-0.3, -0.25) is 4.98 Å². The van der Waals surface area contributed by atoms with E-state index in [2.05, 4.69) is 139 Å². The van der Waals surface area contributed by atoms with E-state index >= 15 is 0 Å². The smallest absolute Gasteiger partial charge is 0.160 e. The van der Waals surface area contributed by atoms with Crippen LogP contribution in [0.2, 0.25) is 0 Å². The van der Waals surface area contributed by atoms with E-state index < -0.39 is 0 Å². The lowest BCUT2D eigenvalue weighted by Crippen LogP contribution is -2.05. The Morgan fingerprint density at radius 3 is 1.91 bits per heavy atom. The van der Waals surface area contributed by atoms with Crippen molar-refractivity contribution in [3.05, 3.63) is 157 Å². The molecule has 0 bridgehead atoms. The van der Waals surface area contributed by atoms with Crippen molar-refractivity contribution >= 4 is 38.4 Å². The molecule has 2 aromatic heterocycles. The quantitative estimate of drug-likeness (QED) is 0.188. The minimum absolute atomic E-state index is 0.421. The second kappa shape index (κ2) is 11.1. The lowest BCUT2D eigenvalue weighted by Gasteiger charge is -2.23. The van der Waals surface area contributed by atoms with E-state index in [4.69, 9.17) is 9.97 Å². The van der Waals surface area contributed by atoms with Gasteiger partial charge in [-0.25, -0.2) is 9.97 Å². The molecule has 1 atom stereocenters. The highest BCUT2D eigenvalue weighted by molar-refractivity contribution is 6.13. The predicted molar refractivity (Wildman–Crippen MR) is 196 cm³/mol. The first kappa shape index (κ1) is 27.4. The minimum atomic E-state index is 0.421. The number of rotatable bonds is 4. The summed E-state index contributed by atoms with van der Waals surface area (Å²) in [6.07, 6.45) is 7.47. The molecule has 3 nitrogen and oxygen atoms in total. The molecule has 0 saturated heterocycles. The minimum Gasteiger partial charge on any atom is -0.256 e. The highest BCUT2D eigenvalue weighted by Gasteiger charge is 2.22. The summed E-state index contributed by atoms with van der Waals surface area (Å²) >= 11 is 0. The Kier molecular flexibility index (Phi) is 6.50. The first-order valence-electron chi connectivity index (χ1n) is 16.3. The second-order valence-corrected chi connectivity index (χ2v) is 12.5. The largest absolute Gasteiger partial charge is 0.256 e. The Morgan fingerprint density at radius 1 is 0.532 bits per heavy atom. The van der Waals surface area contributed by atoms with Crippen molar-refractivity contribution < 1.29 is 0 Å². The molecule has 3 heteroatoms. The molecule has 1 aliphatic rings. The molecule has 0 N–H and O–H groups in total. The maximum atomic E-state index is 5.32. The number of aromatic nitrogens is 3. The Morgan fingerprint density at radius 2 is 1.15 bits per heavy atom. The third-order valence-corrected chi connectivity index (χ3v) is 9.55. The van der Waals surface area contributed by atoms with Crippen molar-refractivity contribution in [2.75, 3.05) is 0 Å². The van der Waals surface area contributed by atoms with Crippen LogP contribution in [0.5, 0.6) is 0 Å². The molecule has 2 heterocycles. The molecule has 0 amide bonds. The van der Waals surface area contributed by atoms with Gasteiger partial charge in [0.25, 0.3) is 0 Å². The lowest BCUT2D eigenvalue weighted by atomic mass is 9.81. The molecule has 0 unspecified atom stereocenters. The molecule has 0 spiro atoms. The molecular formula is C44H31N3. The molecule has 0 aliphatic heterocycles. The molecule has 8 aromatic rings. The van der Waals surface area contributed by atoms with Gasteiger partial charge in [-0.1, -0.05) is 122 Å². The van der Waals surface area contributed by atoms with E-state index in [1.807, 2.05) is 24.4 Å². The fourth-order valence-electron chi connectivity index (χ4n) is 7.26. The Balaban J connectivity index is 1.32. The lowest BCUT2D eigenvalue weighted by molar-refractivity contribution is 0.779. The van der Waals surface area contributed by atoms with E-state index in [-0.39, 0.29) is 0 Å². The first-order chi connectivity index (χ1) is 23.2. The van der Waals surface area contributed by atoms with E-state index in [1.165, 1.54) is 43.4 Å². The molecule has 1 aliphatic carbocycles. The van der Waals surface area contributed by atoms with Crippen molar-refractivity contribution in [2.24, 2.45) is 0 Å². The normalized spacial score (nSPS) is 14.1. The van der Waals surface area contributed by atoms with Crippen molar-refractivity contribution in [3.8, 4) is 45.2 Å². The predicted octanol–water partition coefficient (Wildman–Crippen LogP) is 11.5. The summed E-state index contributed by atoms with van der Waals surface area (Å²) in [5, 5.41) is 7.41. The molecule has 0 radical (unpaired) electrons. The van der Waals surface area contributed by atoms with Crippen molar-refractivity contribution in [3.63, 3.8) is 0 Å². The van der Waals surface area contributed by atoms with Crippen LogP contribution in [0, 0.1) is 0 Å². The maximum absolute atomic E-state index is 5.32. The van der Waals surface area contributed by atoms with Crippen LogP contribution < -0.4 is 0 Å². The van der Waals surface area contributed by atoms with Gasteiger partial charge in [0, 0.05) is 28.5 Å². The fraction of sp³-hybridized carbons (Fsp3) is 0.0682. The van der Waals surface area contributed by atoms with Gasteiger partial charge in [-0.15, -0.1) is 0 Å². The van der Waals surface area contributed by atoms with Crippen LogP contribution >= 0.6 is 0 Å². The first-order valence-corrected chi connectivity index (χ1v) is 16.3. The number of nitrogens with zero attached hydrogens (tertiary/aromatic N) is 3. The van der Waals surface area contributed by atoms with Gasteiger partial charge >= 0.3 is 0 Å². The topological polar surface area (TPSA) is 38.7 Å². The van der Waals surface area contributed by atoms with Gasteiger partial charge in [0.05, 0.1) is 17.1 Å². The zero-order valence-corrected chi connectivity index (χ0v) is 26.1. The number of pyridine rings is 1. The number of allylic oxidation sites excluding steroid dienone is 1. The van der Waals surface area contributed by atoms with E-state index in [1.54, 1.807) is 0 Å². The zero-order chi connectivity index (χ0) is 31.3. The Bertz CT molecular complexity index is 2490. The highest BCUT2D eigenvalue weighted by Crippen LogP contribution is 2.42. The van der Waals surface area contributed by atoms with Gasteiger partial charge in [-0.05, 0) is 86.1 Å². The van der Waals surface area contributed by atoms with E-state index in [9.17, 15) is 0 Å². The maximum Gasteiger partial charge on any atom is 0.160 e. The van der Waals surface area contributed by atoms with Gasteiger partial charge in [-0.2, -0.15) is 0 Å². The second-order valence-electron chi connectivity index (χ2n) is 12.5. The number of hydrogen-bond donors (Lipinski definition) is 0. The molecule has 0 saturated carbocycles. The summed E-state index contributed by atoms with van der Waals surface area (Å²) in [7, 11) is 0. The van der Waals surface area contributed by atoms with Gasteiger partial charge in [0.1, 0.15) is 0 Å². The van der Waals surface area contributed by atoms with E-state index in [0.717, 1.165) is 45.8 Å². The number of fused-ring (bicyclic) bond motifs is 6. The molecular weight excluding hydrogens is 571 g/mol. The molecule has 6 aromatic carbocycles. The summed E-state index contributed by atoms with van der Waals surface area (Å²) in [6.45, 7) is 2.33. The Labute approximate surface area is 273 Å². The van der Waals surface area contributed by atoms with Crippen LogP contribution in [-0.4, -0.2) is 15.0 Å². The summed E-state index contributed by atoms with van der Waals surface area (Å²) in [5.74, 6) is 1.13. The van der Waals surface area contributed by atoms with Crippen LogP contribution in [0.15, 0.2) is 146 Å². The SMILES string of the molecule is C[C@@H]1CC=Cc2c(-c3cc(-c4cc5ccccc5c5ccccc45)nc(-c4ccc(-c5ccccn5)cc4)n3)cc3ccccc3c21. The van der Waals surface area contributed by atoms with Crippen molar-refractivity contribution in [1.29, 1.82) is 0 Å². The molecule has 0 fully saturated rings. The monoisotopic (exact) mass is 601 g/mol. The summed E-state index contributed by atoms with van der Waals surface area (Å²) < 4.78 is 0. The average Bonchev–Trinajstić information content (AvgIpc) is 3.14. The van der Waals surface area contributed by atoms with Crippen LogP contribution in [0.3, 0.4) is 0 Å². The molecule has 47 heavy (non-hydrogen) atoms. The van der Waals surface area contributed by atoms with Crippen LogP contribution in [0.4, 0.5) is 0 Å². The standard InChI is InChI=1S/C44H31N3/c1-28-11-10-18-37-39(26-32-13-3-5-15-34(32)43(28)37)42-27-41(38-25-31-12-2-4-14-33(31)35-16-6-7-17-36(35)38)46-44(47-42)30-22-20-29(21-23-30)40-19-8-9-24-45-40/h2-10,12-28H,11H2,1H3/t28-/m1/s1. The third kappa shape index (κ3) is 4.71. The summed E-state index contributed by atoms with van der Waals surface area (Å²) in [5.41, 5.74) is 9.72. The molecule has 222 valence electrons. The summed E-state index contributed by atoms with van der Waals surface area (Å²) in [6, 6.07) is 47.3. The van der Waals surface area contributed by atoms with Crippen molar-refractivity contribution in [2.45, 2.75) is 19.3 Å². The third-order valence-electron chi connectivity index (χ3n) is 9.55. The number of benzene rings is 6.